The third-order valence-electron chi connectivity index (χ3n) is 12.2. The quantitative estimate of drug-likeness (QED) is 0.0435. The Kier molecular flexibility index (Phi) is 22.4. The van der Waals surface area contributed by atoms with E-state index >= 15 is 0 Å². The molecule has 4 fully saturated rings. The summed E-state index contributed by atoms with van der Waals surface area (Å²) in [5.41, 5.74) is 2.81. The number of esters is 2. The van der Waals surface area contributed by atoms with Crippen molar-refractivity contribution in [3.63, 3.8) is 0 Å². The Labute approximate surface area is 391 Å². The number of carbonyl (C=O) groups is 2. The van der Waals surface area contributed by atoms with Gasteiger partial charge in [0.25, 0.3) is 0 Å². The maximum Gasteiger partial charge on any atom is 0.333 e. The number of carbonyl (C=O) groups excluding carboxylic acids is 2. The predicted octanol–water partition coefficient (Wildman–Crippen LogP) is -0.162. The van der Waals surface area contributed by atoms with Crippen molar-refractivity contribution in [1.29, 1.82) is 0 Å². The Balaban J connectivity index is 1.50. The number of aliphatic hydroxyl groups excluding tert-OH is 9. The van der Waals surface area contributed by atoms with Gasteiger partial charge in [0, 0.05) is 12.5 Å². The maximum absolute atomic E-state index is 13.7. The monoisotopic (exact) mass is 962 g/mol. The maximum atomic E-state index is 13.7. The van der Waals surface area contributed by atoms with E-state index in [9.17, 15) is 55.5 Å². The van der Waals surface area contributed by atoms with Crippen LogP contribution in [0.2, 0.25) is 0 Å². The lowest BCUT2D eigenvalue weighted by Crippen LogP contribution is -2.66. The molecule has 0 bridgehead atoms. The molecule has 4 rings (SSSR count). The first kappa shape index (κ1) is 56.8. The molecule has 4 aliphatic rings. The molecule has 21 nitrogen and oxygen atoms in total. The standard InChI is InChI=1S/C46H74O21/c1-21(16-18-47)13-11-15-24(4)42(57)65-41-39(66-45-36(55)34(53)31(50)26(6)61-45)32(51)27(7)62-46(41)67-40-37(56)44(63-28(8)38(40)64-29(9)48)58-19-17-22(2)12-10-14-23(3)20-59-43-35(54)33(52)30(49)25(5)60-43/h14-17,25-28,30-41,43-47,49-56H,10-13,18-20H2,1-9H3/b21-16-,22-17-,23-14+,24-15+/t25-,26-,27-,28-,30-,31-,32-,33+,34+,35+,36+,37+,38-,39+,40-,41+,43-,44-,45+,46+/m0/s1. The average Bonchev–Trinajstić information content (AvgIpc) is 3.27. The molecule has 4 aliphatic heterocycles. The Morgan fingerprint density at radius 2 is 0.970 bits per heavy atom. The van der Waals surface area contributed by atoms with Gasteiger partial charge in [-0.2, -0.15) is 0 Å². The van der Waals surface area contributed by atoms with Crippen molar-refractivity contribution in [1.82, 2.24) is 0 Å². The summed E-state index contributed by atoms with van der Waals surface area (Å²) in [6, 6.07) is 0. The summed E-state index contributed by atoms with van der Waals surface area (Å²) in [6.45, 7) is 14.2. The number of hydrogen-bond donors (Lipinski definition) is 9. The predicted molar refractivity (Wildman–Crippen MR) is 233 cm³/mol. The minimum Gasteiger partial charge on any atom is -0.457 e. The Morgan fingerprint density at radius 1 is 0.478 bits per heavy atom. The molecular formula is C46H74O21. The van der Waals surface area contributed by atoms with Crippen molar-refractivity contribution in [2.24, 2.45) is 0 Å². The Hall–Kier alpha value is -2.78. The van der Waals surface area contributed by atoms with E-state index in [2.05, 4.69) is 0 Å². The minimum absolute atomic E-state index is 0.0246. The van der Waals surface area contributed by atoms with Crippen LogP contribution in [0.1, 0.15) is 88.0 Å². The van der Waals surface area contributed by atoms with Gasteiger partial charge >= 0.3 is 11.9 Å². The van der Waals surface area contributed by atoms with Crippen molar-refractivity contribution in [3.05, 3.63) is 46.6 Å². The topological polar surface area (TPSA) is 309 Å². The molecule has 0 aliphatic carbocycles. The Bertz CT molecular complexity index is 1700. The largest absolute Gasteiger partial charge is 0.457 e. The summed E-state index contributed by atoms with van der Waals surface area (Å²) in [7, 11) is 0. The molecule has 0 aromatic rings. The van der Waals surface area contributed by atoms with Crippen molar-refractivity contribution >= 4 is 11.9 Å². The highest BCUT2D eigenvalue weighted by Crippen LogP contribution is 2.35. The second kappa shape index (κ2) is 26.4. The van der Waals surface area contributed by atoms with Crippen molar-refractivity contribution in [3.8, 4) is 0 Å². The third-order valence-corrected chi connectivity index (χ3v) is 12.2. The number of rotatable bonds is 20. The fraction of sp³-hybridized carbons (Fsp3) is 0.783. The van der Waals surface area contributed by atoms with E-state index in [1.165, 1.54) is 20.8 Å². The molecule has 0 radical (unpaired) electrons. The molecule has 20 atom stereocenters. The van der Waals surface area contributed by atoms with Crippen LogP contribution in [-0.2, 0) is 57.0 Å². The third kappa shape index (κ3) is 15.6. The van der Waals surface area contributed by atoms with Gasteiger partial charge in [-0.15, -0.1) is 0 Å². The minimum atomic E-state index is -1.80. The first-order valence-electron chi connectivity index (χ1n) is 22.8. The molecule has 0 aromatic heterocycles. The van der Waals surface area contributed by atoms with Crippen LogP contribution in [0.4, 0.5) is 0 Å². The van der Waals surface area contributed by atoms with Crippen LogP contribution >= 0.6 is 0 Å². The molecule has 384 valence electrons. The van der Waals surface area contributed by atoms with Crippen LogP contribution in [0.5, 0.6) is 0 Å². The highest BCUT2D eigenvalue weighted by atomic mass is 16.8. The molecule has 67 heavy (non-hydrogen) atoms. The lowest BCUT2D eigenvalue weighted by Gasteiger charge is -2.48. The fourth-order valence-electron chi connectivity index (χ4n) is 7.88. The molecular weight excluding hydrogens is 888 g/mol. The zero-order chi connectivity index (χ0) is 49.9. The molecule has 0 amide bonds. The zero-order valence-electron chi connectivity index (χ0n) is 39.7. The van der Waals surface area contributed by atoms with Gasteiger partial charge in [0.15, 0.2) is 37.4 Å². The molecule has 4 heterocycles. The smallest absolute Gasteiger partial charge is 0.333 e. The van der Waals surface area contributed by atoms with E-state index in [1.54, 1.807) is 32.1 Å². The van der Waals surface area contributed by atoms with Gasteiger partial charge in [-0.25, -0.2) is 4.79 Å². The second-order valence-corrected chi connectivity index (χ2v) is 17.9. The summed E-state index contributed by atoms with van der Waals surface area (Å²) < 4.78 is 58.8. The molecule has 21 heteroatoms. The summed E-state index contributed by atoms with van der Waals surface area (Å²) in [4.78, 5) is 26.1. The first-order valence-corrected chi connectivity index (χ1v) is 22.8. The summed E-state index contributed by atoms with van der Waals surface area (Å²) in [5.74, 6) is -1.61. The van der Waals surface area contributed by atoms with Gasteiger partial charge in [0.05, 0.1) is 44.2 Å². The lowest BCUT2D eigenvalue weighted by atomic mass is 9.96. The number of hydrogen-bond acceptors (Lipinski definition) is 21. The molecule has 0 unspecified atom stereocenters. The van der Waals surface area contributed by atoms with E-state index in [0.717, 1.165) is 23.6 Å². The highest BCUT2D eigenvalue weighted by Gasteiger charge is 2.55. The van der Waals surface area contributed by atoms with Crippen LogP contribution in [0.25, 0.3) is 0 Å². The summed E-state index contributed by atoms with van der Waals surface area (Å²) >= 11 is 0. The van der Waals surface area contributed by atoms with Crippen LogP contribution < -0.4 is 0 Å². The number of aliphatic hydroxyl groups is 9. The molecule has 4 saturated heterocycles. The van der Waals surface area contributed by atoms with Crippen LogP contribution in [0, 0.1) is 0 Å². The van der Waals surface area contributed by atoms with Crippen LogP contribution in [-0.4, -0.2) is 201 Å². The van der Waals surface area contributed by atoms with E-state index < -0.39 is 135 Å². The number of allylic oxidation sites excluding steroid dienone is 4. The van der Waals surface area contributed by atoms with E-state index in [-0.39, 0.29) is 25.4 Å². The van der Waals surface area contributed by atoms with E-state index in [4.69, 9.17) is 47.4 Å². The summed E-state index contributed by atoms with van der Waals surface area (Å²) in [6.07, 6.45) is -18.6. The van der Waals surface area contributed by atoms with Gasteiger partial charge in [-0.3, -0.25) is 4.79 Å². The van der Waals surface area contributed by atoms with Gasteiger partial charge in [-0.1, -0.05) is 41.0 Å². The van der Waals surface area contributed by atoms with Gasteiger partial charge in [-0.05, 0) is 81.1 Å². The van der Waals surface area contributed by atoms with Gasteiger partial charge < -0.3 is 93.3 Å². The SMILES string of the molecule is CC(=O)O[C@@H]1[C@@H](O[C@H]2O[C@@H](C)[C@H](O)[C@@H](O[C@H]3O[C@@H](C)[C@H](O)[C@@H](O)[C@H]3O)[C@H]2OC(=O)/C(C)=C/CC/C(C)=C\CO)[C@@H](O)[C@@H](OC/C=C(/C)CC/C=C(\C)CO[C@H]2O[C@@H](C)[C@H](O)[C@@H](O)[C@H]2O)O[C@H]1C. The number of ether oxygens (including phenoxy) is 10. The molecule has 0 spiro atoms. The van der Waals surface area contributed by atoms with Crippen molar-refractivity contribution in [2.75, 3.05) is 19.8 Å². The molecule has 9 N–H and O–H groups in total. The normalized spacial score (nSPS) is 40.4. The van der Waals surface area contributed by atoms with E-state index in [0.29, 0.717) is 25.7 Å². The van der Waals surface area contributed by atoms with Gasteiger partial charge in [0.1, 0.15) is 61.0 Å². The summed E-state index contributed by atoms with van der Waals surface area (Å²) in [5, 5.41) is 94.4. The highest BCUT2D eigenvalue weighted by molar-refractivity contribution is 5.87. The first-order chi connectivity index (χ1) is 31.5. The molecule has 0 aromatic carbocycles. The fourth-order valence-corrected chi connectivity index (χ4v) is 7.88. The van der Waals surface area contributed by atoms with Crippen LogP contribution in [0.3, 0.4) is 0 Å². The molecule has 0 saturated carbocycles. The van der Waals surface area contributed by atoms with Crippen LogP contribution in [0.15, 0.2) is 46.6 Å². The Morgan fingerprint density at radius 3 is 1.58 bits per heavy atom. The van der Waals surface area contributed by atoms with Crippen molar-refractivity contribution < 1.29 is 103 Å². The van der Waals surface area contributed by atoms with Crippen molar-refractivity contribution in [2.45, 2.75) is 211 Å². The lowest BCUT2D eigenvalue weighted by molar-refractivity contribution is -0.375. The van der Waals surface area contributed by atoms with Gasteiger partial charge in [0.2, 0.25) is 0 Å². The average molecular weight is 963 g/mol. The second-order valence-electron chi connectivity index (χ2n) is 17.9. The zero-order valence-corrected chi connectivity index (χ0v) is 39.7. The van der Waals surface area contributed by atoms with E-state index in [1.807, 2.05) is 26.8 Å².